The van der Waals surface area contributed by atoms with Crippen LogP contribution in [0.25, 0.3) is 11.0 Å². The number of hydrogen-bond acceptors (Lipinski definition) is 3. The first-order valence-corrected chi connectivity index (χ1v) is 9.26. The lowest BCUT2D eigenvalue weighted by Crippen LogP contribution is -2.29. The third kappa shape index (κ3) is 4.15. The molecule has 2 aromatic carbocycles. The van der Waals surface area contributed by atoms with Gasteiger partial charge in [0.2, 0.25) is 5.91 Å². The van der Waals surface area contributed by atoms with Gasteiger partial charge < -0.3 is 9.88 Å². The molecular weight excluding hydrogens is 379 g/mol. The minimum absolute atomic E-state index is 0.00215. The summed E-state index contributed by atoms with van der Waals surface area (Å²) in [6.45, 7) is 4.16. The first kappa shape index (κ1) is 19.8. The van der Waals surface area contributed by atoms with Crippen molar-refractivity contribution in [2.45, 2.75) is 32.2 Å². The Labute approximate surface area is 167 Å². The topological polar surface area (TPSA) is 70.7 Å². The van der Waals surface area contributed by atoms with Crippen LogP contribution in [0, 0.1) is 17.1 Å². The molecule has 0 saturated carbocycles. The molecule has 0 saturated heterocycles. The fraction of sp³-hybridized carbons (Fsp3) is 0.286. The average Bonchev–Trinajstić information content (AvgIpc) is 3.08. The minimum atomic E-state index is -0.579. The molecule has 3 rings (SSSR count). The molecule has 1 amide bonds. The van der Waals surface area contributed by atoms with E-state index in [0.717, 1.165) is 11.1 Å². The van der Waals surface area contributed by atoms with E-state index in [1.54, 1.807) is 6.07 Å². The Morgan fingerprint density at radius 3 is 2.68 bits per heavy atom. The van der Waals surface area contributed by atoms with Crippen molar-refractivity contribution in [3.05, 3.63) is 64.7 Å². The quantitative estimate of drug-likeness (QED) is 0.682. The summed E-state index contributed by atoms with van der Waals surface area (Å²) in [4.78, 5) is 16.3. The normalized spacial score (nSPS) is 11.4. The molecule has 0 aliphatic rings. The number of nitrogens with one attached hydrogen (secondary N) is 1. The van der Waals surface area contributed by atoms with Gasteiger partial charge in [-0.05, 0) is 43.5 Å². The predicted octanol–water partition coefficient (Wildman–Crippen LogP) is 3.99. The molecule has 0 spiro atoms. The van der Waals surface area contributed by atoms with Crippen molar-refractivity contribution in [1.82, 2.24) is 14.9 Å². The summed E-state index contributed by atoms with van der Waals surface area (Å²) >= 11 is 5.82. The van der Waals surface area contributed by atoms with Gasteiger partial charge in [-0.25, -0.2) is 9.37 Å². The number of carbonyl (C=O) groups is 1. The first-order chi connectivity index (χ1) is 13.3. The highest BCUT2D eigenvalue weighted by Gasteiger charge is 2.19. The maximum atomic E-state index is 14.2. The van der Waals surface area contributed by atoms with E-state index in [4.69, 9.17) is 11.6 Å². The van der Waals surface area contributed by atoms with E-state index in [1.165, 1.54) is 17.0 Å². The van der Waals surface area contributed by atoms with E-state index in [0.29, 0.717) is 18.5 Å². The van der Waals surface area contributed by atoms with Crippen molar-refractivity contribution in [2.24, 2.45) is 0 Å². The van der Waals surface area contributed by atoms with Gasteiger partial charge in [0.15, 0.2) is 5.82 Å². The van der Waals surface area contributed by atoms with Gasteiger partial charge in [-0.1, -0.05) is 35.9 Å². The van der Waals surface area contributed by atoms with E-state index in [1.807, 2.05) is 38.1 Å². The largest absolute Gasteiger partial charge is 0.354 e. The molecular formula is C21H20ClFN4O. The Bertz CT molecular complexity index is 1050. The smallest absolute Gasteiger partial charge is 0.240 e. The fourth-order valence-corrected chi connectivity index (χ4v) is 3.08. The Morgan fingerprint density at radius 2 is 2.00 bits per heavy atom. The van der Waals surface area contributed by atoms with Gasteiger partial charge in [0.25, 0.3) is 0 Å². The summed E-state index contributed by atoms with van der Waals surface area (Å²) in [7, 11) is 0. The maximum absolute atomic E-state index is 14.2. The van der Waals surface area contributed by atoms with Crippen LogP contribution >= 0.6 is 11.6 Å². The number of rotatable bonds is 6. The molecule has 1 N–H and O–H groups in total. The monoisotopic (exact) mass is 398 g/mol. The number of halogens is 2. The van der Waals surface area contributed by atoms with E-state index in [-0.39, 0.29) is 23.0 Å². The molecule has 1 heterocycles. The van der Waals surface area contributed by atoms with Crippen LogP contribution in [-0.4, -0.2) is 22.0 Å². The second-order valence-corrected chi connectivity index (χ2v) is 7.54. The van der Waals surface area contributed by atoms with Crippen molar-refractivity contribution in [3.8, 4) is 6.07 Å². The van der Waals surface area contributed by atoms with Crippen molar-refractivity contribution < 1.29 is 9.18 Å². The zero-order chi connectivity index (χ0) is 20.3. The van der Waals surface area contributed by atoms with Crippen molar-refractivity contribution in [3.63, 3.8) is 0 Å². The molecule has 0 unspecified atom stereocenters. The van der Waals surface area contributed by atoms with E-state index >= 15 is 0 Å². The Kier molecular flexibility index (Phi) is 5.66. The molecule has 7 heteroatoms. The molecule has 0 radical (unpaired) electrons. The number of benzene rings is 2. The van der Waals surface area contributed by atoms with Gasteiger partial charge in [0, 0.05) is 6.54 Å². The molecule has 144 valence electrons. The van der Waals surface area contributed by atoms with E-state index in [9.17, 15) is 14.4 Å². The maximum Gasteiger partial charge on any atom is 0.240 e. The Balaban J connectivity index is 1.57. The third-order valence-corrected chi connectivity index (χ3v) is 4.97. The Morgan fingerprint density at radius 1 is 1.29 bits per heavy atom. The van der Waals surface area contributed by atoms with Crippen molar-refractivity contribution >= 4 is 28.5 Å². The fourth-order valence-electron chi connectivity index (χ4n) is 2.93. The lowest BCUT2D eigenvalue weighted by Gasteiger charge is -2.16. The van der Waals surface area contributed by atoms with Gasteiger partial charge in [0.1, 0.15) is 12.1 Å². The molecule has 0 aliphatic carbocycles. The highest BCUT2D eigenvalue weighted by Crippen LogP contribution is 2.24. The van der Waals surface area contributed by atoms with Crippen LogP contribution < -0.4 is 5.32 Å². The van der Waals surface area contributed by atoms with Crippen LogP contribution in [0.3, 0.4) is 0 Å². The minimum Gasteiger partial charge on any atom is -0.354 e. The summed E-state index contributed by atoms with van der Waals surface area (Å²) in [6, 6.07) is 13.1. The van der Waals surface area contributed by atoms with Gasteiger partial charge in [0.05, 0.1) is 28.4 Å². The lowest BCUT2D eigenvalue weighted by atomic mass is 9.86. The zero-order valence-electron chi connectivity index (χ0n) is 15.7. The molecule has 1 aromatic heterocycles. The predicted molar refractivity (Wildman–Crippen MR) is 106 cm³/mol. The van der Waals surface area contributed by atoms with Crippen LogP contribution in [0.15, 0.2) is 42.7 Å². The molecule has 0 bridgehead atoms. The standard InChI is InChI=1S/C21H20ClFN4O/c1-21(2,12-24)15-5-3-14(4-6-15)9-10-25-18(28)11-27-13-26-17-8-7-16(22)19(23)20(17)27/h3-8,13H,9-11H2,1-2H3,(H,25,28). The Hall–Kier alpha value is -2.91. The lowest BCUT2D eigenvalue weighted by molar-refractivity contribution is -0.121. The summed E-state index contributed by atoms with van der Waals surface area (Å²) in [5.74, 6) is -0.814. The van der Waals surface area contributed by atoms with Gasteiger partial charge >= 0.3 is 0 Å². The number of nitrogens with zero attached hydrogens (tertiary/aromatic N) is 3. The van der Waals surface area contributed by atoms with Gasteiger partial charge in [-0.15, -0.1) is 0 Å². The number of fused-ring (bicyclic) bond motifs is 1. The molecule has 5 nitrogen and oxygen atoms in total. The van der Waals surface area contributed by atoms with Crippen LogP contribution in [-0.2, 0) is 23.2 Å². The van der Waals surface area contributed by atoms with E-state index < -0.39 is 11.2 Å². The van der Waals surface area contributed by atoms with Gasteiger partial charge in [-0.3, -0.25) is 4.79 Å². The second-order valence-electron chi connectivity index (χ2n) is 7.14. The zero-order valence-corrected chi connectivity index (χ0v) is 16.4. The molecule has 0 aliphatic heterocycles. The SMILES string of the molecule is CC(C)(C#N)c1ccc(CCNC(=O)Cn2cnc3ccc(Cl)c(F)c32)cc1. The number of imidazole rings is 1. The van der Waals surface area contributed by atoms with Crippen LogP contribution in [0.1, 0.15) is 25.0 Å². The van der Waals surface area contributed by atoms with Crippen LogP contribution in [0.5, 0.6) is 0 Å². The summed E-state index contributed by atoms with van der Waals surface area (Å²) in [6.07, 6.45) is 2.09. The van der Waals surface area contributed by atoms with Crippen molar-refractivity contribution in [1.29, 1.82) is 5.26 Å². The average molecular weight is 399 g/mol. The number of hydrogen-bond donors (Lipinski definition) is 1. The number of nitriles is 1. The summed E-state index contributed by atoms with van der Waals surface area (Å²) in [5, 5.41) is 12.0. The molecule has 3 aromatic rings. The molecule has 28 heavy (non-hydrogen) atoms. The van der Waals surface area contributed by atoms with Gasteiger partial charge in [-0.2, -0.15) is 5.26 Å². The molecule has 0 atom stereocenters. The summed E-state index contributed by atoms with van der Waals surface area (Å²) in [5.41, 5.74) is 2.16. The van der Waals surface area contributed by atoms with Crippen LogP contribution in [0.2, 0.25) is 5.02 Å². The highest BCUT2D eigenvalue weighted by atomic mass is 35.5. The first-order valence-electron chi connectivity index (χ1n) is 8.88. The summed E-state index contributed by atoms with van der Waals surface area (Å²) < 4.78 is 15.7. The third-order valence-electron chi connectivity index (χ3n) is 4.68. The second kappa shape index (κ2) is 7.99. The van der Waals surface area contributed by atoms with E-state index in [2.05, 4.69) is 16.4 Å². The highest BCUT2D eigenvalue weighted by molar-refractivity contribution is 6.31. The molecule has 0 fully saturated rings. The number of aromatic nitrogens is 2. The van der Waals surface area contributed by atoms with Crippen LogP contribution in [0.4, 0.5) is 4.39 Å². The number of amides is 1. The van der Waals surface area contributed by atoms with Crippen molar-refractivity contribution in [2.75, 3.05) is 6.54 Å². The number of carbonyl (C=O) groups excluding carboxylic acids is 1.